The molecule has 7 nitrogen and oxygen atoms in total. The second-order valence-electron chi connectivity index (χ2n) is 8.39. The number of hydrogen-bond donors (Lipinski definition) is 1. The lowest BCUT2D eigenvalue weighted by molar-refractivity contribution is -0.0601. The monoisotopic (exact) mass is 488 g/mol. The summed E-state index contributed by atoms with van der Waals surface area (Å²) in [7, 11) is 0. The van der Waals surface area contributed by atoms with Gasteiger partial charge in [-0.15, -0.1) is 0 Å². The molecule has 0 aliphatic carbocycles. The van der Waals surface area contributed by atoms with Gasteiger partial charge in [-0.25, -0.2) is 9.87 Å². The van der Waals surface area contributed by atoms with Gasteiger partial charge < -0.3 is 14.5 Å². The van der Waals surface area contributed by atoms with E-state index in [2.05, 4.69) is 21.3 Å². The zero-order chi connectivity index (χ0) is 25.2. The summed E-state index contributed by atoms with van der Waals surface area (Å²) < 4.78 is 17.9. The number of ether oxygens (including phenoxy) is 1. The average molecular weight is 489 g/mol. The zero-order valence-corrected chi connectivity index (χ0v) is 20.0. The van der Waals surface area contributed by atoms with Crippen LogP contribution in [0.1, 0.15) is 27.6 Å². The van der Waals surface area contributed by atoms with Crippen molar-refractivity contribution in [1.29, 1.82) is 5.26 Å². The maximum atomic E-state index is 12.6. The Kier molecular flexibility index (Phi) is 8.87. The molecule has 1 atom stereocenters. The van der Waals surface area contributed by atoms with E-state index in [1.807, 2.05) is 54.6 Å². The van der Waals surface area contributed by atoms with Crippen molar-refractivity contribution >= 4 is 17.3 Å². The second-order valence-corrected chi connectivity index (χ2v) is 8.39. The van der Waals surface area contributed by atoms with Crippen molar-refractivity contribution in [3.63, 3.8) is 0 Å². The smallest absolute Gasteiger partial charge is 0.274 e. The molecule has 3 aromatic rings. The van der Waals surface area contributed by atoms with Gasteiger partial charge in [-0.05, 0) is 54.1 Å². The van der Waals surface area contributed by atoms with E-state index in [0.29, 0.717) is 11.1 Å². The normalized spacial score (nSPS) is 14.2. The minimum absolute atomic E-state index is 0.0336. The van der Waals surface area contributed by atoms with Gasteiger partial charge in [0.2, 0.25) is 0 Å². The van der Waals surface area contributed by atoms with Crippen molar-refractivity contribution in [2.24, 2.45) is 0 Å². The predicted molar refractivity (Wildman–Crippen MR) is 137 cm³/mol. The topological polar surface area (TPSA) is 77.8 Å². The van der Waals surface area contributed by atoms with Crippen molar-refractivity contribution in [1.82, 2.24) is 5.48 Å². The van der Waals surface area contributed by atoms with Crippen molar-refractivity contribution in [3.8, 4) is 6.07 Å². The fourth-order valence-electron chi connectivity index (χ4n) is 4.09. The highest BCUT2D eigenvalue weighted by atomic mass is 19.1. The standard InChI is InChI=1S/C28H29FN4O3/c29-14-19-35-21-27(36-31-28(34)24-4-2-1-3-5-24)23-8-12-26(13-9-23)33-17-15-32(16-18-33)25-10-6-22(20-30)7-11-25/h1-13,27H,14-19,21H2,(H,31,34). The Morgan fingerprint density at radius 1 is 0.917 bits per heavy atom. The van der Waals surface area contributed by atoms with Crippen LogP contribution in [0.3, 0.4) is 0 Å². The van der Waals surface area contributed by atoms with Gasteiger partial charge >= 0.3 is 0 Å². The third-order valence-corrected chi connectivity index (χ3v) is 6.09. The fraction of sp³-hybridized carbons (Fsp3) is 0.286. The van der Waals surface area contributed by atoms with E-state index in [-0.39, 0.29) is 19.1 Å². The highest BCUT2D eigenvalue weighted by molar-refractivity contribution is 5.93. The van der Waals surface area contributed by atoms with Crippen LogP contribution in [0.2, 0.25) is 0 Å². The molecular weight excluding hydrogens is 459 g/mol. The number of carbonyl (C=O) groups excluding carboxylic acids is 1. The van der Waals surface area contributed by atoms with Crippen LogP contribution < -0.4 is 15.3 Å². The molecule has 0 spiro atoms. The summed E-state index contributed by atoms with van der Waals surface area (Å²) in [5.74, 6) is -0.358. The van der Waals surface area contributed by atoms with Gasteiger partial charge in [0.05, 0.1) is 24.8 Å². The lowest BCUT2D eigenvalue weighted by Gasteiger charge is -2.37. The van der Waals surface area contributed by atoms with E-state index in [1.54, 1.807) is 24.3 Å². The van der Waals surface area contributed by atoms with Gasteiger partial charge in [0, 0.05) is 43.1 Å². The van der Waals surface area contributed by atoms with Crippen LogP contribution >= 0.6 is 0 Å². The van der Waals surface area contributed by atoms with Crippen LogP contribution in [0.5, 0.6) is 0 Å². The minimum atomic E-state index is -0.587. The van der Waals surface area contributed by atoms with Crippen LogP contribution in [0.4, 0.5) is 15.8 Å². The fourth-order valence-corrected chi connectivity index (χ4v) is 4.09. The quantitative estimate of drug-likeness (QED) is 0.339. The summed E-state index contributed by atoms with van der Waals surface area (Å²) in [6.45, 7) is 2.98. The molecule has 1 unspecified atom stereocenters. The van der Waals surface area contributed by atoms with E-state index < -0.39 is 12.8 Å². The van der Waals surface area contributed by atoms with E-state index in [4.69, 9.17) is 14.8 Å². The highest BCUT2D eigenvalue weighted by Crippen LogP contribution is 2.24. The number of anilines is 2. The van der Waals surface area contributed by atoms with Gasteiger partial charge in [0.25, 0.3) is 5.91 Å². The summed E-state index contributed by atoms with van der Waals surface area (Å²) >= 11 is 0. The largest absolute Gasteiger partial charge is 0.376 e. The average Bonchev–Trinajstić information content (AvgIpc) is 2.95. The van der Waals surface area contributed by atoms with Gasteiger partial charge in [-0.2, -0.15) is 5.26 Å². The maximum Gasteiger partial charge on any atom is 0.274 e. The molecule has 4 rings (SSSR count). The number of nitriles is 1. The number of piperazine rings is 1. The van der Waals surface area contributed by atoms with E-state index in [0.717, 1.165) is 43.1 Å². The number of carbonyl (C=O) groups is 1. The van der Waals surface area contributed by atoms with E-state index in [1.165, 1.54) is 0 Å². The number of benzene rings is 3. The number of hydrogen-bond acceptors (Lipinski definition) is 6. The first kappa shape index (κ1) is 25.2. The molecule has 0 radical (unpaired) electrons. The molecule has 0 bridgehead atoms. The van der Waals surface area contributed by atoms with Crippen LogP contribution in [0.25, 0.3) is 0 Å². The molecule has 36 heavy (non-hydrogen) atoms. The summed E-state index contributed by atoms with van der Waals surface area (Å²) in [4.78, 5) is 22.7. The molecule has 186 valence electrons. The lowest BCUT2D eigenvalue weighted by Crippen LogP contribution is -2.46. The summed E-state index contributed by atoms with van der Waals surface area (Å²) in [6.07, 6.45) is -0.577. The summed E-state index contributed by atoms with van der Waals surface area (Å²) in [6, 6.07) is 26.5. The van der Waals surface area contributed by atoms with Crippen molar-refractivity contribution in [2.45, 2.75) is 6.10 Å². The third-order valence-electron chi connectivity index (χ3n) is 6.09. The number of nitrogens with zero attached hydrogens (tertiary/aromatic N) is 3. The maximum absolute atomic E-state index is 12.6. The number of amides is 1. The lowest BCUT2D eigenvalue weighted by atomic mass is 10.1. The SMILES string of the molecule is N#Cc1ccc(N2CCN(c3ccc(C(COCCF)ONC(=O)c4ccccc4)cc3)CC2)cc1. The molecule has 1 N–H and O–H groups in total. The molecule has 1 saturated heterocycles. The van der Waals surface area contributed by atoms with Crippen LogP contribution in [-0.4, -0.2) is 52.0 Å². The van der Waals surface area contributed by atoms with Crippen molar-refractivity contribution in [2.75, 3.05) is 55.9 Å². The molecule has 1 amide bonds. The Morgan fingerprint density at radius 2 is 1.50 bits per heavy atom. The predicted octanol–water partition coefficient (Wildman–Crippen LogP) is 4.27. The molecule has 8 heteroatoms. The summed E-state index contributed by atoms with van der Waals surface area (Å²) in [5, 5.41) is 8.99. The third kappa shape index (κ3) is 6.60. The summed E-state index contributed by atoms with van der Waals surface area (Å²) in [5.41, 5.74) is 6.66. The Morgan fingerprint density at radius 3 is 2.06 bits per heavy atom. The zero-order valence-electron chi connectivity index (χ0n) is 20.0. The van der Waals surface area contributed by atoms with Crippen molar-refractivity contribution < 1.29 is 18.8 Å². The van der Waals surface area contributed by atoms with Crippen LogP contribution in [-0.2, 0) is 9.57 Å². The van der Waals surface area contributed by atoms with E-state index in [9.17, 15) is 9.18 Å². The molecule has 0 aromatic heterocycles. The minimum Gasteiger partial charge on any atom is -0.376 e. The molecule has 1 aliphatic heterocycles. The molecule has 1 fully saturated rings. The molecule has 3 aromatic carbocycles. The number of hydroxylamine groups is 1. The number of rotatable bonds is 10. The molecule has 0 saturated carbocycles. The first-order chi connectivity index (χ1) is 17.7. The highest BCUT2D eigenvalue weighted by Gasteiger charge is 2.20. The van der Waals surface area contributed by atoms with Crippen LogP contribution in [0.15, 0.2) is 78.9 Å². The van der Waals surface area contributed by atoms with Gasteiger partial charge in [0.1, 0.15) is 12.8 Å². The Balaban J connectivity index is 1.35. The van der Waals surface area contributed by atoms with Crippen LogP contribution in [0, 0.1) is 11.3 Å². The van der Waals surface area contributed by atoms with E-state index >= 15 is 0 Å². The van der Waals surface area contributed by atoms with Crippen molar-refractivity contribution in [3.05, 3.63) is 95.6 Å². The first-order valence-corrected chi connectivity index (χ1v) is 11.9. The number of nitrogens with one attached hydrogen (secondary N) is 1. The van der Waals surface area contributed by atoms with Gasteiger partial charge in [-0.1, -0.05) is 30.3 Å². The molecular formula is C28H29FN4O3. The van der Waals surface area contributed by atoms with Gasteiger partial charge in [0.15, 0.2) is 0 Å². The Bertz CT molecular complexity index is 1140. The number of alkyl halides is 1. The van der Waals surface area contributed by atoms with Gasteiger partial charge in [-0.3, -0.25) is 9.63 Å². The Hall–Kier alpha value is -3.93. The molecule has 1 heterocycles. The second kappa shape index (κ2) is 12.7. The first-order valence-electron chi connectivity index (χ1n) is 11.9. The Labute approximate surface area is 210 Å². The molecule has 1 aliphatic rings. The number of halogens is 1.